The first-order valence-corrected chi connectivity index (χ1v) is 5.28. The number of nitrogens with zero attached hydrogens (tertiary/aromatic N) is 4. The summed E-state index contributed by atoms with van der Waals surface area (Å²) in [5, 5.41) is 15.1. The lowest BCUT2D eigenvalue weighted by Gasteiger charge is -2.14. The zero-order chi connectivity index (χ0) is 9.97. The monoisotopic (exact) mass is 195 g/mol. The summed E-state index contributed by atoms with van der Waals surface area (Å²) in [7, 11) is 1.93. The Bertz CT molecular complexity index is 289. The van der Waals surface area contributed by atoms with E-state index in [9.17, 15) is 0 Å². The van der Waals surface area contributed by atoms with Crippen molar-refractivity contribution in [1.82, 2.24) is 25.5 Å². The molecule has 1 aliphatic carbocycles. The lowest BCUT2D eigenvalue weighted by atomic mass is 10.2. The van der Waals surface area contributed by atoms with Gasteiger partial charge >= 0.3 is 0 Å². The van der Waals surface area contributed by atoms with Crippen LogP contribution >= 0.6 is 0 Å². The number of hydrogen-bond donors (Lipinski definition) is 1. The molecule has 1 fully saturated rings. The molecular formula is C9H17N5. The van der Waals surface area contributed by atoms with Crippen molar-refractivity contribution in [3.63, 3.8) is 0 Å². The molecule has 0 saturated heterocycles. The van der Waals surface area contributed by atoms with E-state index < -0.39 is 0 Å². The van der Waals surface area contributed by atoms with Gasteiger partial charge in [0.2, 0.25) is 0 Å². The first-order chi connectivity index (χ1) is 6.83. The fraction of sp³-hybridized carbons (Fsp3) is 0.889. The highest BCUT2D eigenvalue weighted by Crippen LogP contribution is 2.30. The second kappa shape index (κ2) is 4.04. The summed E-state index contributed by atoms with van der Waals surface area (Å²) >= 11 is 0. The Morgan fingerprint density at radius 1 is 1.43 bits per heavy atom. The van der Waals surface area contributed by atoms with E-state index in [2.05, 4.69) is 27.8 Å². The maximum absolute atomic E-state index is 4.08. The minimum atomic E-state index is 0.227. The summed E-state index contributed by atoms with van der Waals surface area (Å²) in [6, 6.07) is 0.751. The molecule has 1 aliphatic rings. The van der Waals surface area contributed by atoms with Gasteiger partial charge < -0.3 is 5.32 Å². The van der Waals surface area contributed by atoms with Gasteiger partial charge in [0.1, 0.15) is 0 Å². The SMILES string of the molecule is CNC(C)c1nnnn1C1CCCC1. The van der Waals surface area contributed by atoms with Crippen molar-refractivity contribution in [3.05, 3.63) is 5.82 Å². The van der Waals surface area contributed by atoms with Gasteiger partial charge in [-0.05, 0) is 37.2 Å². The normalized spacial score (nSPS) is 20.1. The summed E-state index contributed by atoms with van der Waals surface area (Å²) < 4.78 is 1.99. The van der Waals surface area contributed by atoms with Crippen LogP contribution in [0, 0.1) is 0 Å². The molecule has 1 saturated carbocycles. The first-order valence-electron chi connectivity index (χ1n) is 5.28. The third-order valence-electron chi connectivity index (χ3n) is 3.01. The average Bonchev–Trinajstić information content (AvgIpc) is 2.85. The standard InChI is InChI=1S/C9H17N5/c1-7(10-2)9-11-12-13-14(9)8-5-3-4-6-8/h7-8,10H,3-6H2,1-2H3. The van der Waals surface area contributed by atoms with Crippen molar-refractivity contribution in [2.45, 2.75) is 44.7 Å². The van der Waals surface area contributed by atoms with Gasteiger partial charge in [-0.2, -0.15) is 0 Å². The molecule has 0 radical (unpaired) electrons. The van der Waals surface area contributed by atoms with E-state index in [0.29, 0.717) is 6.04 Å². The second-order valence-electron chi connectivity index (χ2n) is 3.93. The Labute approximate surface area is 83.9 Å². The van der Waals surface area contributed by atoms with Crippen LogP contribution in [0.1, 0.15) is 50.5 Å². The van der Waals surface area contributed by atoms with Crippen molar-refractivity contribution in [2.24, 2.45) is 0 Å². The van der Waals surface area contributed by atoms with E-state index in [1.807, 2.05) is 11.7 Å². The predicted octanol–water partition coefficient (Wildman–Crippen LogP) is 1.07. The number of tetrazole rings is 1. The molecule has 1 aromatic heterocycles. The van der Waals surface area contributed by atoms with Gasteiger partial charge in [-0.3, -0.25) is 0 Å². The number of hydrogen-bond acceptors (Lipinski definition) is 4. The van der Waals surface area contributed by atoms with Crippen molar-refractivity contribution < 1.29 is 0 Å². The predicted molar refractivity (Wildman–Crippen MR) is 52.8 cm³/mol. The molecule has 1 heterocycles. The average molecular weight is 195 g/mol. The van der Waals surface area contributed by atoms with Crippen LogP contribution in [0.25, 0.3) is 0 Å². The van der Waals surface area contributed by atoms with Crippen LogP contribution in [-0.4, -0.2) is 27.3 Å². The molecular weight excluding hydrogens is 178 g/mol. The summed E-state index contributed by atoms with van der Waals surface area (Å²) in [5.74, 6) is 0.958. The zero-order valence-electron chi connectivity index (χ0n) is 8.77. The van der Waals surface area contributed by atoms with Gasteiger partial charge in [-0.25, -0.2) is 4.68 Å². The van der Waals surface area contributed by atoms with Crippen LogP contribution in [0.4, 0.5) is 0 Å². The Kier molecular flexibility index (Phi) is 2.77. The maximum Gasteiger partial charge on any atom is 0.168 e. The molecule has 0 aromatic carbocycles. The van der Waals surface area contributed by atoms with Crippen molar-refractivity contribution in [1.29, 1.82) is 0 Å². The van der Waals surface area contributed by atoms with Gasteiger partial charge in [0.15, 0.2) is 5.82 Å². The van der Waals surface area contributed by atoms with Gasteiger partial charge in [0, 0.05) is 0 Å². The lowest BCUT2D eigenvalue weighted by Crippen LogP contribution is -2.20. The molecule has 5 nitrogen and oxygen atoms in total. The van der Waals surface area contributed by atoms with E-state index in [4.69, 9.17) is 0 Å². The van der Waals surface area contributed by atoms with E-state index in [-0.39, 0.29) is 6.04 Å². The van der Waals surface area contributed by atoms with Crippen LogP contribution in [-0.2, 0) is 0 Å². The van der Waals surface area contributed by atoms with Crippen molar-refractivity contribution in [2.75, 3.05) is 7.05 Å². The second-order valence-corrected chi connectivity index (χ2v) is 3.93. The Morgan fingerprint density at radius 2 is 2.14 bits per heavy atom. The van der Waals surface area contributed by atoms with Gasteiger partial charge in [-0.1, -0.05) is 12.8 Å². The molecule has 2 rings (SSSR count). The fourth-order valence-corrected chi connectivity index (χ4v) is 2.02. The van der Waals surface area contributed by atoms with Crippen LogP contribution in [0.3, 0.4) is 0 Å². The molecule has 0 aliphatic heterocycles. The minimum absolute atomic E-state index is 0.227. The number of nitrogens with one attached hydrogen (secondary N) is 1. The molecule has 0 bridgehead atoms. The molecule has 14 heavy (non-hydrogen) atoms. The van der Waals surface area contributed by atoms with Crippen molar-refractivity contribution in [3.8, 4) is 0 Å². The lowest BCUT2D eigenvalue weighted by molar-refractivity contribution is 0.418. The Balaban J connectivity index is 2.19. The first kappa shape index (κ1) is 9.58. The highest BCUT2D eigenvalue weighted by atomic mass is 15.6. The van der Waals surface area contributed by atoms with Crippen LogP contribution in [0.15, 0.2) is 0 Å². The molecule has 5 heteroatoms. The molecule has 78 valence electrons. The molecule has 1 N–H and O–H groups in total. The van der Waals surface area contributed by atoms with E-state index in [0.717, 1.165) is 5.82 Å². The van der Waals surface area contributed by atoms with E-state index in [1.165, 1.54) is 25.7 Å². The summed E-state index contributed by atoms with van der Waals surface area (Å²) in [6.45, 7) is 2.08. The smallest absolute Gasteiger partial charge is 0.168 e. The number of aromatic nitrogens is 4. The van der Waals surface area contributed by atoms with E-state index in [1.54, 1.807) is 0 Å². The Morgan fingerprint density at radius 3 is 2.79 bits per heavy atom. The Hall–Kier alpha value is -0.970. The van der Waals surface area contributed by atoms with Crippen LogP contribution in [0.2, 0.25) is 0 Å². The fourth-order valence-electron chi connectivity index (χ4n) is 2.02. The minimum Gasteiger partial charge on any atom is -0.311 e. The topological polar surface area (TPSA) is 55.6 Å². The van der Waals surface area contributed by atoms with Gasteiger partial charge in [0.25, 0.3) is 0 Å². The third-order valence-corrected chi connectivity index (χ3v) is 3.01. The summed E-state index contributed by atoms with van der Waals surface area (Å²) in [6.07, 6.45) is 5.04. The maximum atomic E-state index is 4.08. The van der Waals surface area contributed by atoms with Gasteiger partial charge in [0.05, 0.1) is 12.1 Å². The quantitative estimate of drug-likeness (QED) is 0.783. The van der Waals surface area contributed by atoms with Crippen LogP contribution in [0.5, 0.6) is 0 Å². The molecule has 1 unspecified atom stereocenters. The largest absolute Gasteiger partial charge is 0.311 e. The van der Waals surface area contributed by atoms with Gasteiger partial charge in [-0.15, -0.1) is 5.10 Å². The highest BCUT2D eigenvalue weighted by Gasteiger charge is 2.23. The van der Waals surface area contributed by atoms with Crippen molar-refractivity contribution >= 4 is 0 Å². The molecule has 1 aromatic rings. The zero-order valence-corrected chi connectivity index (χ0v) is 8.77. The molecule has 1 atom stereocenters. The molecule has 0 amide bonds. The summed E-state index contributed by atoms with van der Waals surface area (Å²) in [4.78, 5) is 0. The van der Waals surface area contributed by atoms with E-state index >= 15 is 0 Å². The third kappa shape index (κ3) is 1.64. The number of rotatable bonds is 3. The van der Waals surface area contributed by atoms with Crippen LogP contribution < -0.4 is 5.32 Å². The summed E-state index contributed by atoms with van der Waals surface area (Å²) in [5.41, 5.74) is 0. The molecule has 0 spiro atoms. The highest BCUT2D eigenvalue weighted by molar-refractivity contribution is 4.92.